The van der Waals surface area contributed by atoms with Gasteiger partial charge in [-0.05, 0) is 20.3 Å². The summed E-state index contributed by atoms with van der Waals surface area (Å²) in [6.45, 7) is 6.04. The lowest BCUT2D eigenvalue weighted by Crippen LogP contribution is -2.27. The van der Waals surface area contributed by atoms with E-state index in [1.807, 2.05) is 13.8 Å². The summed E-state index contributed by atoms with van der Waals surface area (Å²) in [6.07, 6.45) is 3.94. The van der Waals surface area contributed by atoms with Gasteiger partial charge in [0, 0.05) is 0 Å². The maximum absolute atomic E-state index is 5.66. The van der Waals surface area contributed by atoms with Gasteiger partial charge in [0.2, 0.25) is 5.88 Å². The van der Waals surface area contributed by atoms with Crippen LogP contribution in [0.25, 0.3) is 0 Å². The summed E-state index contributed by atoms with van der Waals surface area (Å²) in [6, 6.07) is 0. The monoisotopic (exact) mass is 200 g/mol. The van der Waals surface area contributed by atoms with Gasteiger partial charge >= 0.3 is 0 Å². The highest BCUT2D eigenvalue weighted by Gasteiger charge is 2.17. The standard InChI is InChI=1S/C9H13ClN2O/c1-4-9(2,3)13-8-6-11-5-7(10)12-8/h5-6H,4H2,1-3H3. The van der Waals surface area contributed by atoms with Gasteiger partial charge in [-0.25, -0.2) is 0 Å². The highest BCUT2D eigenvalue weighted by Crippen LogP contribution is 2.18. The Morgan fingerprint density at radius 2 is 2.15 bits per heavy atom. The fourth-order valence-corrected chi connectivity index (χ4v) is 0.870. The van der Waals surface area contributed by atoms with Gasteiger partial charge in [-0.2, -0.15) is 4.98 Å². The number of hydrogen-bond acceptors (Lipinski definition) is 3. The molecule has 0 bridgehead atoms. The molecule has 0 unspecified atom stereocenters. The van der Waals surface area contributed by atoms with E-state index in [1.54, 1.807) is 6.20 Å². The van der Waals surface area contributed by atoms with E-state index in [1.165, 1.54) is 6.20 Å². The van der Waals surface area contributed by atoms with Crippen LogP contribution in [0.2, 0.25) is 5.15 Å². The molecule has 1 rings (SSSR count). The molecular formula is C9H13ClN2O. The quantitative estimate of drug-likeness (QED) is 0.753. The summed E-state index contributed by atoms with van der Waals surface area (Å²) in [5, 5.41) is 0.351. The van der Waals surface area contributed by atoms with Crippen LogP contribution in [0, 0.1) is 0 Å². The normalized spacial score (nSPS) is 11.4. The molecule has 0 saturated carbocycles. The zero-order valence-electron chi connectivity index (χ0n) is 8.04. The van der Waals surface area contributed by atoms with Crippen molar-refractivity contribution < 1.29 is 4.74 Å². The molecule has 0 aliphatic rings. The van der Waals surface area contributed by atoms with Crippen LogP contribution in [0.3, 0.4) is 0 Å². The molecule has 0 aromatic carbocycles. The first-order valence-corrected chi connectivity index (χ1v) is 4.58. The lowest BCUT2D eigenvalue weighted by Gasteiger charge is -2.23. The van der Waals surface area contributed by atoms with Crippen molar-refractivity contribution in [2.75, 3.05) is 0 Å². The zero-order valence-corrected chi connectivity index (χ0v) is 8.80. The first kappa shape index (κ1) is 10.3. The van der Waals surface area contributed by atoms with Gasteiger partial charge in [0.1, 0.15) is 5.60 Å². The number of rotatable bonds is 3. The Bertz CT molecular complexity index is 289. The Kier molecular flexibility index (Phi) is 3.09. The maximum Gasteiger partial charge on any atom is 0.234 e. The van der Waals surface area contributed by atoms with Gasteiger partial charge in [-0.3, -0.25) is 4.98 Å². The predicted molar refractivity (Wildman–Crippen MR) is 52.0 cm³/mol. The van der Waals surface area contributed by atoms with Crippen molar-refractivity contribution in [2.45, 2.75) is 32.8 Å². The summed E-state index contributed by atoms with van der Waals surface area (Å²) >= 11 is 5.66. The molecule has 0 atom stereocenters. The summed E-state index contributed by atoms with van der Waals surface area (Å²) < 4.78 is 5.57. The summed E-state index contributed by atoms with van der Waals surface area (Å²) in [5.41, 5.74) is -0.223. The average Bonchev–Trinajstić information content (AvgIpc) is 2.03. The summed E-state index contributed by atoms with van der Waals surface area (Å²) in [4.78, 5) is 7.87. The van der Waals surface area contributed by atoms with E-state index in [-0.39, 0.29) is 5.60 Å². The molecule has 0 aliphatic heterocycles. The van der Waals surface area contributed by atoms with Gasteiger partial charge in [-0.1, -0.05) is 18.5 Å². The van der Waals surface area contributed by atoms with Crippen molar-refractivity contribution in [3.05, 3.63) is 17.5 Å². The summed E-state index contributed by atoms with van der Waals surface area (Å²) in [5.74, 6) is 0.472. The number of nitrogens with zero attached hydrogens (tertiary/aromatic N) is 2. The summed E-state index contributed by atoms with van der Waals surface area (Å²) in [7, 11) is 0. The number of halogens is 1. The Morgan fingerprint density at radius 3 is 2.69 bits per heavy atom. The van der Waals surface area contributed by atoms with Crippen molar-refractivity contribution >= 4 is 11.6 Å². The molecule has 13 heavy (non-hydrogen) atoms. The van der Waals surface area contributed by atoms with E-state index in [4.69, 9.17) is 16.3 Å². The van der Waals surface area contributed by atoms with E-state index >= 15 is 0 Å². The second kappa shape index (κ2) is 3.92. The number of aromatic nitrogens is 2. The van der Waals surface area contributed by atoms with Gasteiger partial charge in [0.25, 0.3) is 0 Å². The number of hydrogen-bond donors (Lipinski definition) is 0. The van der Waals surface area contributed by atoms with E-state index < -0.39 is 0 Å². The molecule has 1 heterocycles. The van der Waals surface area contributed by atoms with Gasteiger partial charge in [-0.15, -0.1) is 0 Å². The van der Waals surface area contributed by atoms with Crippen LogP contribution in [-0.2, 0) is 0 Å². The smallest absolute Gasteiger partial charge is 0.234 e. The van der Waals surface area contributed by atoms with Crippen molar-refractivity contribution in [2.24, 2.45) is 0 Å². The number of ether oxygens (including phenoxy) is 1. The minimum absolute atomic E-state index is 0.223. The fourth-order valence-electron chi connectivity index (χ4n) is 0.730. The highest BCUT2D eigenvalue weighted by molar-refractivity contribution is 6.29. The second-order valence-corrected chi connectivity index (χ2v) is 3.78. The molecule has 0 spiro atoms. The van der Waals surface area contributed by atoms with Gasteiger partial charge in [0.15, 0.2) is 5.15 Å². The van der Waals surface area contributed by atoms with Crippen LogP contribution >= 0.6 is 11.6 Å². The van der Waals surface area contributed by atoms with Crippen molar-refractivity contribution in [3.63, 3.8) is 0 Å². The van der Waals surface area contributed by atoms with Crippen LogP contribution in [0.4, 0.5) is 0 Å². The average molecular weight is 201 g/mol. The largest absolute Gasteiger partial charge is 0.471 e. The second-order valence-electron chi connectivity index (χ2n) is 3.40. The lowest BCUT2D eigenvalue weighted by molar-refractivity contribution is 0.0985. The van der Waals surface area contributed by atoms with Crippen molar-refractivity contribution in [3.8, 4) is 5.88 Å². The maximum atomic E-state index is 5.66. The molecule has 1 aromatic heterocycles. The van der Waals surface area contributed by atoms with Gasteiger partial charge < -0.3 is 4.74 Å². The fraction of sp³-hybridized carbons (Fsp3) is 0.556. The Hall–Kier alpha value is -0.830. The molecule has 0 N–H and O–H groups in total. The minimum atomic E-state index is -0.223. The third-order valence-corrected chi connectivity index (χ3v) is 2.00. The Balaban J connectivity index is 2.74. The molecule has 72 valence electrons. The highest BCUT2D eigenvalue weighted by atomic mass is 35.5. The van der Waals surface area contributed by atoms with E-state index in [0.29, 0.717) is 11.0 Å². The predicted octanol–water partition coefficient (Wildman–Crippen LogP) is 2.70. The molecule has 0 aliphatic carbocycles. The van der Waals surface area contributed by atoms with E-state index in [2.05, 4.69) is 16.9 Å². The van der Waals surface area contributed by atoms with E-state index in [9.17, 15) is 0 Å². The molecule has 1 aromatic rings. The molecule has 0 amide bonds. The molecule has 3 nitrogen and oxygen atoms in total. The topological polar surface area (TPSA) is 35.0 Å². The van der Waals surface area contributed by atoms with Crippen LogP contribution < -0.4 is 4.74 Å². The third-order valence-electron chi connectivity index (χ3n) is 1.82. The van der Waals surface area contributed by atoms with E-state index in [0.717, 1.165) is 6.42 Å². The third kappa shape index (κ3) is 3.19. The first-order valence-electron chi connectivity index (χ1n) is 4.20. The Labute approximate surface area is 83.1 Å². The van der Waals surface area contributed by atoms with Crippen LogP contribution in [0.1, 0.15) is 27.2 Å². The molecular weight excluding hydrogens is 188 g/mol. The minimum Gasteiger partial charge on any atom is -0.471 e. The molecule has 0 saturated heterocycles. The lowest BCUT2D eigenvalue weighted by atomic mass is 10.1. The molecule has 4 heteroatoms. The van der Waals surface area contributed by atoms with Crippen LogP contribution in [-0.4, -0.2) is 15.6 Å². The molecule has 0 radical (unpaired) electrons. The Morgan fingerprint density at radius 1 is 1.46 bits per heavy atom. The van der Waals surface area contributed by atoms with Crippen LogP contribution in [0.5, 0.6) is 5.88 Å². The molecule has 0 fully saturated rings. The van der Waals surface area contributed by atoms with Crippen LogP contribution in [0.15, 0.2) is 12.4 Å². The van der Waals surface area contributed by atoms with Gasteiger partial charge in [0.05, 0.1) is 12.4 Å². The van der Waals surface area contributed by atoms with Crippen molar-refractivity contribution in [1.29, 1.82) is 0 Å². The zero-order chi connectivity index (χ0) is 9.90. The first-order chi connectivity index (χ1) is 6.03. The SMILES string of the molecule is CCC(C)(C)Oc1cncc(Cl)n1. The van der Waals surface area contributed by atoms with Crippen molar-refractivity contribution in [1.82, 2.24) is 9.97 Å².